The smallest absolute Gasteiger partial charge is 0.461 e. The van der Waals surface area contributed by atoms with Crippen molar-refractivity contribution in [1.29, 1.82) is 0 Å². The van der Waals surface area contributed by atoms with Crippen LogP contribution in [0, 0.1) is 6.92 Å². The summed E-state index contributed by atoms with van der Waals surface area (Å²) in [6.45, 7) is 13.3. The molecular formula is C45H78N2O9. The summed E-state index contributed by atoms with van der Waals surface area (Å²) in [6.07, 6.45) is 19.7. The van der Waals surface area contributed by atoms with Gasteiger partial charge in [-0.3, -0.25) is 4.79 Å². The fourth-order valence-corrected chi connectivity index (χ4v) is 6.83. The van der Waals surface area contributed by atoms with Crippen molar-refractivity contribution >= 4 is 18.2 Å². The minimum atomic E-state index is -0.830. The lowest BCUT2D eigenvalue weighted by molar-refractivity contribution is -0.160. The first-order chi connectivity index (χ1) is 27.3. The van der Waals surface area contributed by atoms with Gasteiger partial charge in [-0.2, -0.15) is 0 Å². The summed E-state index contributed by atoms with van der Waals surface area (Å²) in [7, 11) is 0. The molecule has 0 saturated carbocycles. The molecule has 1 aromatic carbocycles. The number of aryl methyl sites for hydroxylation is 1. The van der Waals surface area contributed by atoms with E-state index in [1.165, 1.54) is 64.2 Å². The molecule has 11 nitrogen and oxygen atoms in total. The molecule has 1 saturated heterocycles. The van der Waals surface area contributed by atoms with Crippen LogP contribution in [-0.2, 0) is 46.4 Å². The second kappa shape index (κ2) is 33.1. The van der Waals surface area contributed by atoms with E-state index < -0.39 is 24.6 Å². The maximum absolute atomic E-state index is 12.8. The molecule has 56 heavy (non-hydrogen) atoms. The molecule has 1 fully saturated rings. The second-order valence-corrected chi connectivity index (χ2v) is 15.4. The fourth-order valence-electron chi connectivity index (χ4n) is 6.83. The van der Waals surface area contributed by atoms with Crippen molar-refractivity contribution in [3.05, 3.63) is 34.9 Å². The Bertz CT molecular complexity index is 1140. The van der Waals surface area contributed by atoms with E-state index in [1.807, 2.05) is 25.1 Å². The number of carbonyl (C=O) groups is 3. The Balaban J connectivity index is 1.77. The van der Waals surface area contributed by atoms with Crippen LogP contribution in [-0.4, -0.2) is 81.5 Å². The molecule has 2 rings (SSSR count). The highest BCUT2D eigenvalue weighted by atomic mass is 16.7. The maximum Gasteiger partial charge on any atom is 0.508 e. The monoisotopic (exact) mass is 791 g/mol. The zero-order valence-corrected chi connectivity index (χ0v) is 35.7. The lowest BCUT2D eigenvalue weighted by Crippen LogP contribution is -2.36. The summed E-state index contributed by atoms with van der Waals surface area (Å²) >= 11 is 0. The first kappa shape index (κ1) is 49.3. The molecule has 1 aliphatic heterocycles. The van der Waals surface area contributed by atoms with Crippen LogP contribution >= 0.6 is 0 Å². The molecule has 0 spiro atoms. The van der Waals surface area contributed by atoms with Gasteiger partial charge in [-0.05, 0) is 75.7 Å². The highest BCUT2D eigenvalue weighted by Crippen LogP contribution is 2.16. The number of unbranched alkanes of at least 4 members (excludes halogenated alkanes) is 13. The van der Waals surface area contributed by atoms with Gasteiger partial charge < -0.3 is 38.6 Å². The van der Waals surface area contributed by atoms with E-state index in [-0.39, 0.29) is 32.2 Å². The van der Waals surface area contributed by atoms with Crippen molar-refractivity contribution in [3.8, 4) is 0 Å². The Hall–Kier alpha value is -2.89. The molecule has 1 atom stereocenters. The molecular weight excluding hydrogens is 712 g/mol. The maximum atomic E-state index is 12.8. The lowest BCUT2D eigenvalue weighted by Gasteiger charge is -2.19. The van der Waals surface area contributed by atoms with Crippen LogP contribution < -0.4 is 5.32 Å². The van der Waals surface area contributed by atoms with Crippen LogP contribution in [0.4, 0.5) is 9.59 Å². The van der Waals surface area contributed by atoms with E-state index in [0.29, 0.717) is 32.6 Å². The van der Waals surface area contributed by atoms with Crippen LogP contribution in [0.1, 0.15) is 172 Å². The summed E-state index contributed by atoms with van der Waals surface area (Å²) in [6, 6.07) is 5.72. The van der Waals surface area contributed by atoms with Crippen LogP contribution in [0.5, 0.6) is 0 Å². The minimum Gasteiger partial charge on any atom is -0.461 e. The summed E-state index contributed by atoms with van der Waals surface area (Å²) in [5.74, 6) is -0.309. The van der Waals surface area contributed by atoms with Crippen molar-refractivity contribution in [2.24, 2.45) is 0 Å². The van der Waals surface area contributed by atoms with Gasteiger partial charge in [0, 0.05) is 32.7 Å². The number of esters is 1. The predicted molar refractivity (Wildman–Crippen MR) is 221 cm³/mol. The van der Waals surface area contributed by atoms with Gasteiger partial charge in [0.15, 0.2) is 6.29 Å². The second-order valence-electron chi connectivity index (χ2n) is 15.4. The van der Waals surface area contributed by atoms with E-state index >= 15 is 0 Å². The van der Waals surface area contributed by atoms with E-state index in [1.54, 1.807) is 0 Å². The number of likely N-dealkylation sites (tertiary alicyclic amines) is 1. The average Bonchev–Trinajstić information content (AvgIpc) is 3.71. The van der Waals surface area contributed by atoms with E-state index in [0.717, 1.165) is 87.7 Å². The molecule has 0 bridgehead atoms. The fraction of sp³-hybridized carbons (Fsp3) is 0.800. The van der Waals surface area contributed by atoms with Crippen LogP contribution in [0.2, 0.25) is 0 Å². The zero-order chi connectivity index (χ0) is 40.5. The Kier molecular flexibility index (Phi) is 29.1. The Morgan fingerprint density at radius 2 is 1.23 bits per heavy atom. The molecule has 1 aliphatic rings. The first-order valence-corrected chi connectivity index (χ1v) is 22.3. The lowest BCUT2D eigenvalue weighted by atomic mass is 10.1. The number of nitrogens with zero attached hydrogens (tertiary/aromatic N) is 1. The molecule has 1 N–H and O–H groups in total. The third kappa shape index (κ3) is 26.1. The van der Waals surface area contributed by atoms with Crippen molar-refractivity contribution < 1.29 is 42.8 Å². The van der Waals surface area contributed by atoms with Crippen molar-refractivity contribution in [3.63, 3.8) is 0 Å². The number of ether oxygens (including phenoxy) is 6. The van der Waals surface area contributed by atoms with Gasteiger partial charge in [-0.1, -0.05) is 122 Å². The molecule has 0 aromatic heterocycles. The van der Waals surface area contributed by atoms with Crippen molar-refractivity contribution in [2.75, 3.05) is 46.0 Å². The summed E-state index contributed by atoms with van der Waals surface area (Å²) in [5, 5.41) is 2.83. The van der Waals surface area contributed by atoms with Crippen molar-refractivity contribution in [2.45, 2.75) is 188 Å². The zero-order valence-electron chi connectivity index (χ0n) is 35.7. The number of hydrogen-bond acceptors (Lipinski definition) is 10. The molecule has 0 radical (unpaired) electrons. The van der Waals surface area contributed by atoms with Gasteiger partial charge in [-0.25, -0.2) is 9.59 Å². The number of amides is 1. The molecule has 1 aromatic rings. The third-order valence-electron chi connectivity index (χ3n) is 10.1. The quantitative estimate of drug-likeness (QED) is 0.0312. The highest BCUT2D eigenvalue weighted by Gasteiger charge is 2.19. The number of benzene rings is 1. The molecule has 11 heteroatoms. The number of nitrogens with one attached hydrogen (secondary N) is 1. The van der Waals surface area contributed by atoms with Gasteiger partial charge in [-0.15, -0.1) is 0 Å². The summed E-state index contributed by atoms with van der Waals surface area (Å²) < 4.78 is 34.2. The summed E-state index contributed by atoms with van der Waals surface area (Å²) in [4.78, 5) is 40.2. The predicted octanol–water partition coefficient (Wildman–Crippen LogP) is 10.7. The van der Waals surface area contributed by atoms with Gasteiger partial charge >= 0.3 is 18.2 Å². The highest BCUT2D eigenvalue weighted by molar-refractivity contribution is 5.69. The average molecular weight is 791 g/mol. The number of hydrogen-bond donors (Lipinski definition) is 1. The number of alkyl carbamates (subject to hydrolysis) is 1. The Labute approximate surface area is 339 Å². The minimum absolute atomic E-state index is 0.00592. The largest absolute Gasteiger partial charge is 0.508 e. The topological polar surface area (TPSA) is 122 Å². The normalized spacial score (nSPS) is 13.5. The van der Waals surface area contributed by atoms with Crippen LogP contribution in [0.25, 0.3) is 0 Å². The van der Waals surface area contributed by atoms with E-state index in [9.17, 15) is 14.4 Å². The number of carbonyl (C=O) groups excluding carboxylic acids is 3. The first-order valence-electron chi connectivity index (χ1n) is 22.3. The Morgan fingerprint density at radius 1 is 0.679 bits per heavy atom. The van der Waals surface area contributed by atoms with Crippen LogP contribution in [0.15, 0.2) is 18.2 Å². The molecule has 322 valence electrons. The van der Waals surface area contributed by atoms with E-state index in [2.05, 4.69) is 31.0 Å². The van der Waals surface area contributed by atoms with E-state index in [4.69, 9.17) is 28.4 Å². The van der Waals surface area contributed by atoms with Gasteiger partial charge in [0.2, 0.25) is 0 Å². The SMILES string of the molecule is CCCCCCCCOC(CCC(=O)OCc1cc(C)cc(COC(=O)OCC(CCCCCC)OC(=O)NCCN2CCCC2)c1)OCCCCCCCC. The molecule has 1 unspecified atom stereocenters. The third-order valence-corrected chi connectivity index (χ3v) is 10.1. The van der Waals surface area contributed by atoms with Gasteiger partial charge in [0.05, 0.1) is 6.42 Å². The van der Waals surface area contributed by atoms with Gasteiger partial charge in [0.1, 0.15) is 25.9 Å². The molecule has 1 amide bonds. The van der Waals surface area contributed by atoms with Gasteiger partial charge in [0.25, 0.3) is 0 Å². The standard InChI is InChI=1S/C45H78N2O9/c1-5-8-11-14-16-21-30-51-43(52-31-22-17-15-12-9-6-2)25-24-42(48)53-35-39-32-38(4)33-40(34-39)36-54-45(50)55-37-41(23-18-13-10-7-3)56-44(49)46-26-29-47-27-19-20-28-47/h32-34,41,43H,5-31,35-37H2,1-4H3,(H,46,49). The van der Waals surface area contributed by atoms with Crippen LogP contribution in [0.3, 0.4) is 0 Å². The number of rotatable bonds is 34. The molecule has 1 heterocycles. The molecule has 0 aliphatic carbocycles. The summed E-state index contributed by atoms with van der Waals surface area (Å²) in [5.41, 5.74) is 2.51. The van der Waals surface area contributed by atoms with Crippen molar-refractivity contribution in [1.82, 2.24) is 10.2 Å². The Morgan fingerprint density at radius 3 is 1.84 bits per heavy atom.